The number of rotatable bonds is 5. The normalized spacial score (nSPS) is 14.5. The molecular weight excluding hydrogens is 699 g/mol. The third-order valence-electron chi connectivity index (χ3n) is 11.4. The fourth-order valence-corrected chi connectivity index (χ4v) is 8.80. The Morgan fingerprint density at radius 3 is 1.88 bits per heavy atom. The Morgan fingerprint density at radius 2 is 1.09 bits per heavy atom. The van der Waals surface area contributed by atoms with Gasteiger partial charge in [0.05, 0.1) is 22.1 Å². The van der Waals surface area contributed by atoms with Gasteiger partial charge >= 0.3 is 0 Å². The van der Waals surface area contributed by atoms with Crippen molar-refractivity contribution in [3.63, 3.8) is 0 Å². The van der Waals surface area contributed by atoms with Crippen LogP contribution in [0.25, 0.3) is 76.9 Å². The lowest BCUT2D eigenvalue weighted by molar-refractivity contribution is 0.667. The minimum Gasteiger partial charge on any atom is -0.456 e. The van der Waals surface area contributed by atoms with Crippen molar-refractivity contribution in [2.75, 3.05) is 0 Å². The number of benzene rings is 8. The highest BCUT2D eigenvalue weighted by Crippen LogP contribution is 2.42. The first kappa shape index (κ1) is 31.6. The number of hydrogen-bond acceptors (Lipinski definition) is 4. The van der Waals surface area contributed by atoms with Crippen LogP contribution in [-0.2, 0) is 0 Å². The second-order valence-corrected chi connectivity index (χ2v) is 14.6. The van der Waals surface area contributed by atoms with Crippen LogP contribution in [0, 0.1) is 0 Å². The molecule has 0 bridgehead atoms. The van der Waals surface area contributed by atoms with Crippen molar-refractivity contribution in [3.8, 4) is 11.4 Å². The number of nitrogens with one attached hydrogen (secondary N) is 1. The molecule has 268 valence electrons. The summed E-state index contributed by atoms with van der Waals surface area (Å²) in [6.07, 6.45) is -0.276. The summed E-state index contributed by atoms with van der Waals surface area (Å²) in [4.78, 5) is 10.1. The van der Waals surface area contributed by atoms with Crippen molar-refractivity contribution in [3.05, 3.63) is 205 Å². The highest BCUT2D eigenvalue weighted by molar-refractivity contribution is 6.26. The van der Waals surface area contributed by atoms with Crippen LogP contribution in [0.1, 0.15) is 22.9 Å². The molecule has 0 spiro atoms. The van der Waals surface area contributed by atoms with E-state index in [4.69, 9.17) is 14.4 Å². The number of hydrogen-bond donors (Lipinski definition) is 1. The van der Waals surface area contributed by atoms with Crippen LogP contribution in [0.4, 0.5) is 0 Å². The lowest BCUT2D eigenvalue weighted by Crippen LogP contribution is -2.33. The van der Waals surface area contributed by atoms with Gasteiger partial charge in [0.1, 0.15) is 23.2 Å². The molecule has 6 heteroatoms. The highest BCUT2D eigenvalue weighted by atomic mass is 16.3. The molecule has 0 radical (unpaired) electrons. The van der Waals surface area contributed by atoms with E-state index in [0.717, 1.165) is 61.4 Å². The minimum absolute atomic E-state index is 0.276. The third kappa shape index (κ3) is 4.90. The number of fused-ring (bicyclic) bond motifs is 10. The van der Waals surface area contributed by atoms with Crippen LogP contribution in [0.2, 0.25) is 0 Å². The molecule has 1 aliphatic heterocycles. The summed E-state index contributed by atoms with van der Waals surface area (Å²) in [7, 11) is 0. The molecule has 12 rings (SSSR count). The third-order valence-corrected chi connectivity index (χ3v) is 11.4. The predicted molar refractivity (Wildman–Crippen MR) is 234 cm³/mol. The Morgan fingerprint density at radius 1 is 0.456 bits per heavy atom. The van der Waals surface area contributed by atoms with Crippen LogP contribution in [-0.4, -0.2) is 20.8 Å². The van der Waals surface area contributed by atoms with E-state index in [9.17, 15) is 0 Å². The van der Waals surface area contributed by atoms with Gasteiger partial charge in [-0.1, -0.05) is 127 Å². The molecule has 3 aromatic heterocycles. The van der Waals surface area contributed by atoms with Crippen LogP contribution in [0.3, 0.4) is 0 Å². The Hall–Kier alpha value is -7.70. The van der Waals surface area contributed by atoms with E-state index >= 15 is 0 Å². The first-order valence-electron chi connectivity index (χ1n) is 19.3. The first-order valence-corrected chi connectivity index (χ1v) is 19.3. The maximum Gasteiger partial charge on any atom is 0.159 e. The lowest BCUT2D eigenvalue weighted by atomic mass is 10.1. The molecule has 57 heavy (non-hydrogen) atoms. The van der Waals surface area contributed by atoms with Gasteiger partial charge in [-0.05, 0) is 60.2 Å². The van der Waals surface area contributed by atoms with Crippen molar-refractivity contribution in [2.45, 2.75) is 6.17 Å². The monoisotopic (exact) mass is 731 g/mol. The average Bonchev–Trinajstić information content (AvgIpc) is 3.94. The fraction of sp³-hybridized carbons (Fsp3) is 0.0196. The van der Waals surface area contributed by atoms with Gasteiger partial charge in [0.25, 0.3) is 0 Å². The summed E-state index contributed by atoms with van der Waals surface area (Å²) in [6.45, 7) is 0. The quantitative estimate of drug-likeness (QED) is 0.192. The van der Waals surface area contributed by atoms with Gasteiger partial charge in [-0.2, -0.15) is 0 Å². The van der Waals surface area contributed by atoms with Crippen molar-refractivity contribution in [1.29, 1.82) is 0 Å². The number of aromatic nitrogens is 2. The maximum atomic E-state index is 6.75. The van der Waals surface area contributed by atoms with Gasteiger partial charge in [-0.3, -0.25) is 0 Å². The molecule has 4 heterocycles. The SMILES string of the molecule is c1ccc(C2=NC(c3ccc4c(c3)oc3cc(-n5c6ccccc6c6ccc7c(c8ccccc8n7-c7ccccc7)c65)ccc34)=NC(c3ccccc3)N2)cc1. The van der Waals surface area contributed by atoms with Gasteiger partial charge in [0.2, 0.25) is 0 Å². The number of aliphatic imine (C=N–C) groups is 2. The summed E-state index contributed by atoms with van der Waals surface area (Å²) in [5.41, 5.74) is 11.5. The minimum atomic E-state index is -0.276. The van der Waals surface area contributed by atoms with E-state index in [2.05, 4.69) is 166 Å². The van der Waals surface area contributed by atoms with Crippen LogP contribution in [0.5, 0.6) is 0 Å². The summed E-state index contributed by atoms with van der Waals surface area (Å²) < 4.78 is 11.6. The standard InChI is InChI=1S/C51H33N5O/c1-4-14-32(15-5-1)49-52-50(33-16-6-2-7-17-33)54-51(53-49)34-24-26-38-39-27-25-36(31-46(39)57-45(38)30-34)56-42-22-12-10-20-37(42)40-28-29-44-47(48(40)56)41-21-11-13-23-43(41)55(44)35-18-8-3-9-19-35/h1-31,49H,(H,52,53,54). The number of nitrogens with zero attached hydrogens (tertiary/aromatic N) is 4. The molecule has 8 aromatic carbocycles. The largest absolute Gasteiger partial charge is 0.456 e. The molecule has 1 aliphatic rings. The Labute approximate surface area is 327 Å². The zero-order valence-corrected chi connectivity index (χ0v) is 30.7. The Kier molecular flexibility index (Phi) is 6.89. The summed E-state index contributed by atoms with van der Waals surface area (Å²) in [5, 5.41) is 10.6. The fourth-order valence-electron chi connectivity index (χ4n) is 8.80. The van der Waals surface area contributed by atoms with Gasteiger partial charge < -0.3 is 18.9 Å². The van der Waals surface area contributed by atoms with Crippen LogP contribution >= 0.6 is 0 Å². The molecule has 1 N–H and O–H groups in total. The van der Waals surface area contributed by atoms with E-state index in [1.54, 1.807) is 0 Å². The second-order valence-electron chi connectivity index (χ2n) is 14.6. The van der Waals surface area contributed by atoms with Crippen LogP contribution < -0.4 is 5.32 Å². The Bertz CT molecular complexity index is 3430. The molecular formula is C51H33N5O. The zero-order chi connectivity index (χ0) is 37.5. The molecule has 0 saturated heterocycles. The smallest absolute Gasteiger partial charge is 0.159 e. The number of furan rings is 1. The molecule has 6 nitrogen and oxygen atoms in total. The van der Waals surface area contributed by atoms with E-state index < -0.39 is 0 Å². The van der Waals surface area contributed by atoms with Gasteiger partial charge in [-0.15, -0.1) is 0 Å². The molecule has 0 aliphatic carbocycles. The predicted octanol–water partition coefficient (Wildman–Crippen LogP) is 12.3. The molecule has 1 unspecified atom stereocenters. The molecule has 0 saturated carbocycles. The van der Waals surface area contributed by atoms with Gasteiger partial charge in [0.15, 0.2) is 5.84 Å². The molecule has 1 atom stereocenters. The van der Waals surface area contributed by atoms with E-state index in [1.807, 2.05) is 36.4 Å². The van der Waals surface area contributed by atoms with Crippen molar-refractivity contribution in [1.82, 2.24) is 14.5 Å². The maximum absolute atomic E-state index is 6.75. The van der Waals surface area contributed by atoms with E-state index in [1.165, 1.54) is 38.1 Å². The molecule has 0 fully saturated rings. The van der Waals surface area contributed by atoms with Crippen LogP contribution in [0.15, 0.2) is 202 Å². The lowest BCUT2D eigenvalue weighted by Gasteiger charge is -2.23. The second kappa shape index (κ2) is 12.4. The first-order chi connectivity index (χ1) is 28.3. The van der Waals surface area contributed by atoms with E-state index in [0.29, 0.717) is 5.84 Å². The zero-order valence-electron chi connectivity index (χ0n) is 30.7. The summed E-state index contributed by atoms with van der Waals surface area (Å²) in [5.74, 6) is 1.45. The van der Waals surface area contributed by atoms with Crippen molar-refractivity contribution >= 4 is 77.2 Å². The van der Waals surface area contributed by atoms with E-state index in [-0.39, 0.29) is 6.17 Å². The topological polar surface area (TPSA) is 59.8 Å². The highest BCUT2D eigenvalue weighted by Gasteiger charge is 2.23. The number of para-hydroxylation sites is 3. The summed E-state index contributed by atoms with van der Waals surface area (Å²) in [6, 6.07) is 66.1. The van der Waals surface area contributed by atoms with Crippen molar-refractivity contribution in [2.24, 2.45) is 9.98 Å². The van der Waals surface area contributed by atoms with Crippen molar-refractivity contribution < 1.29 is 4.42 Å². The van der Waals surface area contributed by atoms with Gasteiger partial charge in [-0.25, -0.2) is 9.98 Å². The molecule has 11 aromatic rings. The summed E-state index contributed by atoms with van der Waals surface area (Å²) >= 11 is 0. The number of amidine groups is 2. The Balaban J connectivity index is 1.04. The van der Waals surface area contributed by atoms with Gasteiger partial charge in [0, 0.05) is 60.9 Å². The molecule has 0 amide bonds. The average molecular weight is 732 g/mol.